The van der Waals surface area contributed by atoms with Crippen molar-refractivity contribution in [2.24, 2.45) is 0 Å². The Hall–Kier alpha value is -1.55. The Morgan fingerprint density at radius 2 is 2.15 bits per heavy atom. The normalized spacial score (nSPS) is 17.2. The van der Waals surface area contributed by atoms with Gasteiger partial charge in [0, 0.05) is 19.0 Å². The lowest BCUT2D eigenvalue weighted by Gasteiger charge is -2.18. The van der Waals surface area contributed by atoms with Gasteiger partial charge < -0.3 is 10.2 Å². The summed E-state index contributed by atoms with van der Waals surface area (Å²) in [6.45, 7) is 4.17. The lowest BCUT2D eigenvalue weighted by atomic mass is 10.1. The van der Waals surface area contributed by atoms with Gasteiger partial charge in [0.25, 0.3) is 5.91 Å². The van der Waals surface area contributed by atoms with E-state index in [2.05, 4.69) is 12.2 Å². The van der Waals surface area contributed by atoms with Crippen molar-refractivity contribution >= 4 is 29.1 Å². The highest BCUT2D eigenvalue weighted by molar-refractivity contribution is 6.34. The van der Waals surface area contributed by atoms with Crippen molar-refractivity contribution in [3.05, 3.63) is 28.8 Å². The number of nitrogens with zero attached hydrogens (tertiary/aromatic N) is 1. The maximum absolute atomic E-state index is 12.5. The number of anilines is 1. The van der Waals surface area contributed by atoms with Gasteiger partial charge in [0.15, 0.2) is 0 Å². The predicted octanol–water partition coefficient (Wildman–Crippen LogP) is 3.05. The summed E-state index contributed by atoms with van der Waals surface area (Å²) in [7, 11) is 0. The van der Waals surface area contributed by atoms with Crippen LogP contribution < -0.4 is 10.2 Å². The summed E-state index contributed by atoms with van der Waals surface area (Å²) in [5.74, 6) is -0.316. The van der Waals surface area contributed by atoms with Gasteiger partial charge >= 0.3 is 0 Å². The zero-order valence-corrected chi connectivity index (χ0v) is 12.5. The van der Waals surface area contributed by atoms with E-state index < -0.39 is 6.04 Å². The fourth-order valence-corrected chi connectivity index (χ4v) is 2.82. The summed E-state index contributed by atoms with van der Waals surface area (Å²) >= 11 is 6.24. The molecular weight excluding hydrogens is 276 g/mol. The van der Waals surface area contributed by atoms with Crippen LogP contribution >= 0.6 is 11.6 Å². The highest BCUT2D eigenvalue weighted by Gasteiger charge is 2.38. The number of hydrogen-bond acceptors (Lipinski definition) is 2. The van der Waals surface area contributed by atoms with E-state index in [1.54, 1.807) is 17.0 Å². The molecule has 0 aromatic heterocycles. The quantitative estimate of drug-likeness (QED) is 0.849. The number of halogens is 1. The molecule has 20 heavy (non-hydrogen) atoms. The lowest BCUT2D eigenvalue weighted by Crippen LogP contribution is -2.37. The molecule has 1 N–H and O–H groups in total. The van der Waals surface area contributed by atoms with Crippen LogP contribution in [0.5, 0.6) is 0 Å². The van der Waals surface area contributed by atoms with E-state index in [0.717, 1.165) is 30.5 Å². The van der Waals surface area contributed by atoms with Crippen LogP contribution in [0.3, 0.4) is 0 Å². The molecule has 1 aromatic carbocycles. The zero-order valence-electron chi connectivity index (χ0n) is 11.8. The van der Waals surface area contributed by atoms with Crippen molar-refractivity contribution in [3.8, 4) is 0 Å². The van der Waals surface area contributed by atoms with Gasteiger partial charge in [-0.2, -0.15) is 0 Å². The first kappa shape index (κ1) is 14.9. The Balaban J connectivity index is 2.31. The Morgan fingerprint density at radius 1 is 1.40 bits per heavy atom. The largest absolute Gasteiger partial charge is 0.341 e. The number of fused-ring (bicyclic) bond motifs is 1. The molecule has 0 fully saturated rings. The van der Waals surface area contributed by atoms with E-state index in [9.17, 15) is 9.59 Å². The summed E-state index contributed by atoms with van der Waals surface area (Å²) in [5.41, 5.74) is 1.53. The minimum absolute atomic E-state index is 0.0978. The van der Waals surface area contributed by atoms with E-state index in [0.29, 0.717) is 11.6 Å². The van der Waals surface area contributed by atoms with Crippen molar-refractivity contribution in [1.29, 1.82) is 0 Å². The van der Waals surface area contributed by atoms with E-state index >= 15 is 0 Å². The molecule has 108 valence electrons. The van der Waals surface area contributed by atoms with Gasteiger partial charge in [0.1, 0.15) is 6.04 Å². The summed E-state index contributed by atoms with van der Waals surface area (Å²) in [5, 5.41) is 3.26. The predicted molar refractivity (Wildman–Crippen MR) is 79.9 cm³/mol. The number of carbonyl (C=O) groups excluding carboxylic acids is 2. The fraction of sp³-hybridized carbons (Fsp3) is 0.467. The molecule has 4 nitrogen and oxygen atoms in total. The first-order valence-corrected chi connectivity index (χ1v) is 7.31. The van der Waals surface area contributed by atoms with Gasteiger partial charge in [-0.1, -0.05) is 43.5 Å². The maximum atomic E-state index is 12.5. The van der Waals surface area contributed by atoms with E-state index in [1.165, 1.54) is 6.92 Å². The summed E-state index contributed by atoms with van der Waals surface area (Å²) in [4.78, 5) is 25.5. The molecule has 5 heteroatoms. The Bertz CT molecular complexity index is 531. The highest BCUT2D eigenvalue weighted by atomic mass is 35.5. The van der Waals surface area contributed by atoms with Gasteiger partial charge in [-0.15, -0.1) is 0 Å². The van der Waals surface area contributed by atoms with Gasteiger partial charge in [0.05, 0.1) is 10.7 Å². The third-order valence-electron chi connectivity index (χ3n) is 3.44. The van der Waals surface area contributed by atoms with Gasteiger partial charge in [-0.3, -0.25) is 9.59 Å². The molecule has 0 saturated carbocycles. The van der Waals surface area contributed by atoms with Crippen LogP contribution in [0.4, 0.5) is 5.69 Å². The number of amides is 2. The van der Waals surface area contributed by atoms with Crippen molar-refractivity contribution < 1.29 is 9.59 Å². The number of rotatable bonds is 5. The van der Waals surface area contributed by atoms with Crippen LogP contribution in [-0.4, -0.2) is 18.4 Å². The number of nitrogens with one attached hydrogen (secondary N) is 1. The number of hydrogen-bond donors (Lipinski definition) is 1. The second kappa shape index (κ2) is 6.27. The average molecular weight is 295 g/mol. The van der Waals surface area contributed by atoms with E-state index in [-0.39, 0.29) is 11.8 Å². The zero-order chi connectivity index (χ0) is 14.7. The van der Waals surface area contributed by atoms with E-state index in [1.807, 2.05) is 6.07 Å². The Labute approximate surface area is 124 Å². The second-order valence-electron chi connectivity index (χ2n) is 5.01. The minimum Gasteiger partial charge on any atom is -0.341 e. The number of carbonyl (C=O) groups is 2. The third-order valence-corrected chi connectivity index (χ3v) is 3.75. The van der Waals surface area contributed by atoms with E-state index in [4.69, 9.17) is 11.6 Å². The highest BCUT2D eigenvalue weighted by Crippen LogP contribution is 2.41. The summed E-state index contributed by atoms with van der Waals surface area (Å²) < 4.78 is 0. The first-order chi connectivity index (χ1) is 9.56. The van der Waals surface area contributed by atoms with Gasteiger partial charge in [0.2, 0.25) is 5.91 Å². The van der Waals surface area contributed by atoms with Crippen LogP contribution in [0.15, 0.2) is 18.2 Å². The fourth-order valence-electron chi connectivity index (χ4n) is 2.53. The molecule has 1 heterocycles. The van der Waals surface area contributed by atoms with Gasteiger partial charge in [-0.05, 0) is 12.5 Å². The molecule has 1 unspecified atom stereocenters. The average Bonchev–Trinajstić information content (AvgIpc) is 2.65. The molecule has 0 spiro atoms. The van der Waals surface area contributed by atoms with Crippen LogP contribution in [-0.2, 0) is 9.59 Å². The molecule has 1 aromatic rings. The minimum atomic E-state index is -0.608. The van der Waals surface area contributed by atoms with Crippen molar-refractivity contribution in [2.45, 2.75) is 39.2 Å². The molecule has 1 aliphatic rings. The van der Waals surface area contributed by atoms with Crippen molar-refractivity contribution in [3.63, 3.8) is 0 Å². The second-order valence-corrected chi connectivity index (χ2v) is 5.42. The SMILES string of the molecule is CCCCCN1C(=O)C(NC(C)=O)c2cccc(Cl)c21. The third kappa shape index (κ3) is 2.80. The topological polar surface area (TPSA) is 49.4 Å². The number of benzene rings is 1. The number of para-hydroxylation sites is 1. The molecule has 2 amide bonds. The van der Waals surface area contributed by atoms with Crippen molar-refractivity contribution in [2.75, 3.05) is 11.4 Å². The molecule has 1 atom stereocenters. The monoisotopic (exact) mass is 294 g/mol. The van der Waals surface area contributed by atoms with Crippen LogP contribution in [0, 0.1) is 0 Å². The first-order valence-electron chi connectivity index (χ1n) is 6.93. The maximum Gasteiger partial charge on any atom is 0.254 e. The van der Waals surface area contributed by atoms with Crippen LogP contribution in [0.1, 0.15) is 44.7 Å². The molecule has 2 rings (SSSR count). The molecule has 0 aliphatic carbocycles. The Kier molecular flexibility index (Phi) is 4.65. The van der Waals surface area contributed by atoms with Crippen molar-refractivity contribution in [1.82, 2.24) is 5.32 Å². The van der Waals surface area contributed by atoms with Crippen LogP contribution in [0.25, 0.3) is 0 Å². The molecule has 1 aliphatic heterocycles. The molecular formula is C15H19ClN2O2. The summed E-state index contributed by atoms with van der Waals surface area (Å²) in [6.07, 6.45) is 3.08. The molecule has 0 saturated heterocycles. The van der Waals surface area contributed by atoms with Crippen LogP contribution in [0.2, 0.25) is 5.02 Å². The Morgan fingerprint density at radius 3 is 2.80 bits per heavy atom. The molecule has 0 radical (unpaired) electrons. The molecule has 0 bridgehead atoms. The summed E-state index contributed by atoms with van der Waals surface area (Å²) in [6, 6.07) is 4.82. The smallest absolute Gasteiger partial charge is 0.254 e. The number of unbranched alkanes of at least 4 members (excludes halogenated alkanes) is 2. The van der Waals surface area contributed by atoms with Gasteiger partial charge in [-0.25, -0.2) is 0 Å². The lowest BCUT2D eigenvalue weighted by molar-refractivity contribution is -0.126. The standard InChI is InChI=1S/C15H19ClN2O2/c1-3-4-5-9-18-14-11(7-6-8-12(14)16)13(15(18)20)17-10(2)19/h6-8,13H,3-5,9H2,1-2H3,(H,17,19).